The van der Waals surface area contributed by atoms with Crippen molar-refractivity contribution in [2.45, 2.75) is 24.9 Å². The second-order valence-corrected chi connectivity index (χ2v) is 7.33. The van der Waals surface area contributed by atoms with Crippen LogP contribution >= 0.6 is 0 Å². The number of nitrogens with one attached hydrogen (secondary N) is 1. The number of amides is 2. The Bertz CT molecular complexity index is 1030. The largest absolute Gasteiger partial charge is 0.361 e. The molecule has 2 amide bonds. The van der Waals surface area contributed by atoms with E-state index in [1.54, 1.807) is 31.3 Å². The maximum Gasteiger partial charge on any atom is 0.246 e. The van der Waals surface area contributed by atoms with Gasteiger partial charge in [-0.05, 0) is 29.3 Å². The summed E-state index contributed by atoms with van der Waals surface area (Å²) >= 11 is 0. The Morgan fingerprint density at radius 1 is 0.929 bits per heavy atom. The van der Waals surface area contributed by atoms with Gasteiger partial charge in [-0.1, -0.05) is 30.3 Å². The predicted molar refractivity (Wildman–Crippen MR) is 105 cm³/mol. The average molecular weight is 379 g/mol. The molecule has 3 aromatic rings. The molecule has 0 bridgehead atoms. The fraction of sp³-hybridized carbons (Fsp3) is 0.273. The van der Waals surface area contributed by atoms with Crippen molar-refractivity contribution in [1.29, 1.82) is 0 Å². The van der Waals surface area contributed by atoms with Gasteiger partial charge >= 0.3 is 0 Å². The first kappa shape index (κ1) is 18.2. The van der Waals surface area contributed by atoms with Crippen LogP contribution in [0.4, 0.5) is 4.39 Å². The Morgan fingerprint density at radius 3 is 2.25 bits per heavy atom. The summed E-state index contributed by atoms with van der Waals surface area (Å²) < 4.78 is 13.7. The number of carbonyl (C=O) groups is 2. The molecule has 2 atom stereocenters. The van der Waals surface area contributed by atoms with Gasteiger partial charge in [-0.2, -0.15) is 0 Å². The van der Waals surface area contributed by atoms with E-state index in [0.29, 0.717) is 12.8 Å². The van der Waals surface area contributed by atoms with E-state index in [9.17, 15) is 14.0 Å². The molecule has 0 radical (unpaired) electrons. The van der Waals surface area contributed by atoms with Crippen molar-refractivity contribution in [1.82, 2.24) is 14.8 Å². The molecule has 1 aliphatic rings. The standard InChI is InChI=1S/C22H22FN3O2/c1-25-19(10-14-6-4-3-5-7-14)21(27)26(2)20(22(25)28)11-15-13-24-18-9-8-16(23)12-17(15)18/h3-9,12-13,19-20,24H,10-11H2,1-2H3/t19-,20-/m0/s1. The van der Waals surface area contributed by atoms with E-state index in [-0.39, 0.29) is 17.6 Å². The van der Waals surface area contributed by atoms with Crippen molar-refractivity contribution in [3.05, 3.63) is 71.7 Å². The van der Waals surface area contributed by atoms with Crippen LogP contribution < -0.4 is 0 Å². The van der Waals surface area contributed by atoms with E-state index in [2.05, 4.69) is 4.98 Å². The monoisotopic (exact) mass is 379 g/mol. The van der Waals surface area contributed by atoms with Gasteiger partial charge in [0.1, 0.15) is 17.9 Å². The highest BCUT2D eigenvalue weighted by Crippen LogP contribution is 2.25. The number of aromatic amines is 1. The molecule has 1 N–H and O–H groups in total. The van der Waals surface area contributed by atoms with Gasteiger partial charge in [-0.15, -0.1) is 0 Å². The van der Waals surface area contributed by atoms with Crippen LogP contribution in [0, 0.1) is 5.82 Å². The van der Waals surface area contributed by atoms with Gasteiger partial charge in [-0.25, -0.2) is 4.39 Å². The lowest BCUT2D eigenvalue weighted by Crippen LogP contribution is -2.63. The fourth-order valence-electron chi connectivity index (χ4n) is 3.92. The number of hydrogen-bond acceptors (Lipinski definition) is 2. The van der Waals surface area contributed by atoms with Crippen molar-refractivity contribution in [3.8, 4) is 0 Å². The van der Waals surface area contributed by atoms with E-state index >= 15 is 0 Å². The van der Waals surface area contributed by atoms with Gasteiger partial charge in [0.2, 0.25) is 11.8 Å². The zero-order chi connectivity index (χ0) is 19.8. The quantitative estimate of drug-likeness (QED) is 0.758. The summed E-state index contributed by atoms with van der Waals surface area (Å²) in [4.78, 5) is 32.3. The lowest BCUT2D eigenvalue weighted by Gasteiger charge is -2.42. The van der Waals surface area contributed by atoms with Gasteiger partial charge < -0.3 is 14.8 Å². The van der Waals surface area contributed by atoms with Crippen LogP contribution in [0.1, 0.15) is 11.1 Å². The average Bonchev–Trinajstić information content (AvgIpc) is 3.10. The second kappa shape index (κ2) is 7.11. The molecule has 1 saturated heterocycles. The van der Waals surface area contributed by atoms with Crippen LogP contribution in [0.3, 0.4) is 0 Å². The molecule has 5 nitrogen and oxygen atoms in total. The third-order valence-corrected chi connectivity index (χ3v) is 5.62. The summed E-state index contributed by atoms with van der Waals surface area (Å²) in [6, 6.07) is 13.1. The lowest BCUT2D eigenvalue weighted by atomic mass is 9.95. The number of carbonyl (C=O) groups excluding carboxylic acids is 2. The summed E-state index contributed by atoms with van der Waals surface area (Å²) in [6.07, 6.45) is 2.61. The summed E-state index contributed by atoms with van der Waals surface area (Å²) in [5.74, 6) is -0.511. The van der Waals surface area contributed by atoms with Crippen molar-refractivity contribution >= 4 is 22.7 Å². The van der Waals surface area contributed by atoms with Gasteiger partial charge in [0.25, 0.3) is 0 Å². The first-order chi connectivity index (χ1) is 13.5. The number of piperazine rings is 1. The number of H-pyrrole nitrogens is 1. The summed E-state index contributed by atoms with van der Waals surface area (Å²) in [7, 11) is 3.36. The molecule has 144 valence electrons. The molecule has 1 aliphatic heterocycles. The molecule has 6 heteroatoms. The maximum absolute atomic E-state index is 13.7. The van der Waals surface area contributed by atoms with E-state index in [0.717, 1.165) is 22.0 Å². The number of benzene rings is 2. The Labute approximate surface area is 162 Å². The van der Waals surface area contributed by atoms with Crippen LogP contribution in [0.15, 0.2) is 54.7 Å². The number of aromatic nitrogens is 1. The molecule has 0 aliphatic carbocycles. The van der Waals surface area contributed by atoms with Crippen LogP contribution in [0.25, 0.3) is 10.9 Å². The zero-order valence-electron chi connectivity index (χ0n) is 15.9. The first-order valence-electron chi connectivity index (χ1n) is 9.28. The third-order valence-electron chi connectivity index (χ3n) is 5.62. The zero-order valence-corrected chi connectivity index (χ0v) is 15.9. The molecular formula is C22H22FN3O2. The highest BCUT2D eigenvalue weighted by atomic mass is 19.1. The third kappa shape index (κ3) is 3.15. The van der Waals surface area contributed by atoms with Gasteiger partial charge in [0.15, 0.2) is 0 Å². The Balaban J connectivity index is 1.58. The molecule has 2 aromatic carbocycles. The molecule has 1 fully saturated rings. The van der Waals surface area contributed by atoms with Crippen molar-refractivity contribution in [2.24, 2.45) is 0 Å². The number of rotatable bonds is 4. The van der Waals surface area contributed by atoms with Gasteiger partial charge in [-0.3, -0.25) is 9.59 Å². The van der Waals surface area contributed by atoms with E-state index in [4.69, 9.17) is 0 Å². The molecular weight excluding hydrogens is 357 g/mol. The van der Waals surface area contributed by atoms with Crippen molar-refractivity contribution < 1.29 is 14.0 Å². The number of hydrogen-bond donors (Lipinski definition) is 1. The Morgan fingerprint density at radius 2 is 1.57 bits per heavy atom. The van der Waals surface area contributed by atoms with Crippen LogP contribution in [-0.2, 0) is 22.4 Å². The highest BCUT2D eigenvalue weighted by Gasteiger charge is 2.42. The topological polar surface area (TPSA) is 56.4 Å². The first-order valence-corrected chi connectivity index (χ1v) is 9.28. The molecule has 2 heterocycles. The normalized spacial score (nSPS) is 20.2. The highest BCUT2D eigenvalue weighted by molar-refractivity contribution is 5.97. The number of nitrogens with zero attached hydrogens (tertiary/aromatic N) is 2. The van der Waals surface area contributed by atoms with Gasteiger partial charge in [0.05, 0.1) is 0 Å². The smallest absolute Gasteiger partial charge is 0.246 e. The molecule has 0 spiro atoms. The molecule has 0 saturated carbocycles. The second-order valence-electron chi connectivity index (χ2n) is 7.33. The van der Waals surface area contributed by atoms with Crippen molar-refractivity contribution in [3.63, 3.8) is 0 Å². The number of likely N-dealkylation sites (N-methyl/N-ethyl adjacent to an activating group) is 2. The molecule has 28 heavy (non-hydrogen) atoms. The summed E-state index contributed by atoms with van der Waals surface area (Å²) in [5.41, 5.74) is 2.64. The van der Waals surface area contributed by atoms with Crippen molar-refractivity contribution in [2.75, 3.05) is 14.1 Å². The minimum Gasteiger partial charge on any atom is -0.361 e. The number of fused-ring (bicyclic) bond motifs is 1. The fourth-order valence-corrected chi connectivity index (χ4v) is 3.92. The lowest BCUT2D eigenvalue weighted by molar-refractivity contribution is -0.158. The van der Waals surface area contributed by atoms with Crippen LogP contribution in [0.5, 0.6) is 0 Å². The minimum atomic E-state index is -0.605. The molecule has 0 unspecified atom stereocenters. The summed E-state index contributed by atoms with van der Waals surface area (Å²) in [5, 5.41) is 0.739. The minimum absolute atomic E-state index is 0.0815. The maximum atomic E-state index is 13.7. The Kier molecular flexibility index (Phi) is 4.63. The van der Waals surface area contributed by atoms with Gasteiger partial charge in [0, 0.05) is 44.0 Å². The molecule has 4 rings (SSSR count). The SMILES string of the molecule is CN1C(=O)[C@H](Cc2c[nH]c3ccc(F)cc23)N(C)C(=O)[C@@H]1Cc1ccccc1. The predicted octanol–water partition coefficient (Wildman–Crippen LogP) is 2.76. The molecule has 1 aromatic heterocycles. The Hall–Kier alpha value is -3.15. The van der Waals surface area contributed by atoms with Crippen LogP contribution in [0.2, 0.25) is 0 Å². The van der Waals surface area contributed by atoms with Crippen LogP contribution in [-0.4, -0.2) is 52.8 Å². The number of halogens is 1. The van der Waals surface area contributed by atoms with E-state index in [1.807, 2.05) is 30.3 Å². The van der Waals surface area contributed by atoms with E-state index in [1.165, 1.54) is 17.0 Å². The summed E-state index contributed by atoms with van der Waals surface area (Å²) in [6.45, 7) is 0. The van der Waals surface area contributed by atoms with E-state index < -0.39 is 12.1 Å².